The highest BCUT2D eigenvalue weighted by molar-refractivity contribution is 5.81. The number of aliphatic hydroxyl groups excluding tert-OH is 2. The first kappa shape index (κ1) is 14.8. The summed E-state index contributed by atoms with van der Waals surface area (Å²) in [5.41, 5.74) is 0. The molecule has 2 aliphatic rings. The van der Waals surface area contributed by atoms with Crippen LogP contribution in [0.5, 0.6) is 0 Å². The quantitative estimate of drug-likeness (QED) is 0.699. The predicted molar refractivity (Wildman–Crippen MR) is 70.6 cm³/mol. The van der Waals surface area contributed by atoms with E-state index in [9.17, 15) is 15.0 Å². The van der Waals surface area contributed by atoms with Gasteiger partial charge in [0.25, 0.3) is 5.91 Å². The first-order chi connectivity index (χ1) is 9.18. The lowest BCUT2D eigenvalue weighted by Crippen LogP contribution is -2.52. The summed E-state index contributed by atoms with van der Waals surface area (Å²) >= 11 is 0. The highest BCUT2D eigenvalue weighted by Crippen LogP contribution is 2.25. The normalized spacial score (nSPS) is 33.1. The SMILES string of the molecule is O=C(NCCC1CCCCC1)C1OCCC(O)[C@@H]1O. The van der Waals surface area contributed by atoms with Gasteiger partial charge in [-0.3, -0.25) is 4.79 Å². The molecule has 5 nitrogen and oxygen atoms in total. The third kappa shape index (κ3) is 4.16. The molecule has 2 rings (SSSR count). The Kier molecular flexibility index (Phi) is 5.60. The molecule has 0 aromatic heterocycles. The molecule has 2 fully saturated rings. The number of ether oxygens (including phenoxy) is 1. The van der Waals surface area contributed by atoms with Gasteiger partial charge in [0, 0.05) is 6.54 Å². The Hall–Kier alpha value is -0.650. The summed E-state index contributed by atoms with van der Waals surface area (Å²) in [5.74, 6) is 0.416. The number of hydrogen-bond acceptors (Lipinski definition) is 4. The second-order valence-electron chi connectivity index (χ2n) is 5.72. The molecule has 110 valence electrons. The Morgan fingerprint density at radius 2 is 1.89 bits per heavy atom. The maximum Gasteiger partial charge on any atom is 0.251 e. The Bertz CT molecular complexity index is 291. The smallest absolute Gasteiger partial charge is 0.251 e. The molecule has 3 atom stereocenters. The van der Waals surface area contributed by atoms with Gasteiger partial charge in [0.1, 0.15) is 6.10 Å². The number of aliphatic hydroxyl groups is 2. The maximum absolute atomic E-state index is 11.9. The average molecular weight is 271 g/mol. The molecule has 0 radical (unpaired) electrons. The van der Waals surface area contributed by atoms with Crippen LogP contribution in [0.1, 0.15) is 44.9 Å². The van der Waals surface area contributed by atoms with Gasteiger partial charge in [-0.25, -0.2) is 0 Å². The zero-order valence-corrected chi connectivity index (χ0v) is 11.4. The van der Waals surface area contributed by atoms with Crippen LogP contribution < -0.4 is 5.32 Å². The van der Waals surface area contributed by atoms with E-state index in [1.54, 1.807) is 0 Å². The van der Waals surface area contributed by atoms with Crippen molar-refractivity contribution < 1.29 is 19.7 Å². The number of hydrogen-bond donors (Lipinski definition) is 3. The molecule has 1 aliphatic carbocycles. The van der Waals surface area contributed by atoms with Crippen LogP contribution in [-0.4, -0.2) is 47.6 Å². The van der Waals surface area contributed by atoms with Crippen LogP contribution in [0.15, 0.2) is 0 Å². The molecule has 1 aliphatic heterocycles. The summed E-state index contributed by atoms with van der Waals surface area (Å²) in [6.45, 7) is 0.950. The first-order valence-corrected chi connectivity index (χ1v) is 7.44. The fraction of sp³-hybridized carbons (Fsp3) is 0.929. The van der Waals surface area contributed by atoms with Gasteiger partial charge in [0.2, 0.25) is 0 Å². The van der Waals surface area contributed by atoms with Crippen LogP contribution in [0.2, 0.25) is 0 Å². The van der Waals surface area contributed by atoms with Crippen LogP contribution >= 0.6 is 0 Å². The van der Waals surface area contributed by atoms with Gasteiger partial charge in [-0.1, -0.05) is 32.1 Å². The average Bonchev–Trinajstić information content (AvgIpc) is 2.43. The minimum Gasteiger partial charge on any atom is -0.390 e. The van der Waals surface area contributed by atoms with E-state index in [0.29, 0.717) is 19.6 Å². The molecular formula is C14H25NO4. The molecule has 0 spiro atoms. The Morgan fingerprint density at radius 3 is 2.63 bits per heavy atom. The van der Waals surface area contributed by atoms with E-state index in [1.807, 2.05) is 0 Å². The Balaban J connectivity index is 1.68. The van der Waals surface area contributed by atoms with Gasteiger partial charge in [-0.15, -0.1) is 0 Å². The Labute approximate surface area is 114 Å². The topological polar surface area (TPSA) is 78.8 Å². The van der Waals surface area contributed by atoms with Gasteiger partial charge in [-0.05, 0) is 18.8 Å². The van der Waals surface area contributed by atoms with Crippen molar-refractivity contribution >= 4 is 5.91 Å². The summed E-state index contributed by atoms with van der Waals surface area (Å²) in [6.07, 6.45) is 4.95. The molecule has 0 bridgehead atoms. The summed E-state index contributed by atoms with van der Waals surface area (Å²) in [7, 11) is 0. The molecule has 3 N–H and O–H groups in total. The molecule has 1 saturated heterocycles. The van der Waals surface area contributed by atoms with Gasteiger partial charge in [0.15, 0.2) is 6.10 Å². The van der Waals surface area contributed by atoms with Crippen LogP contribution in [0, 0.1) is 5.92 Å². The second kappa shape index (κ2) is 7.22. The summed E-state index contributed by atoms with van der Waals surface area (Å²) in [6, 6.07) is 0. The monoisotopic (exact) mass is 271 g/mol. The molecule has 0 aromatic rings. The minimum absolute atomic E-state index is 0.304. The van der Waals surface area contributed by atoms with Crippen LogP contribution in [-0.2, 0) is 9.53 Å². The largest absolute Gasteiger partial charge is 0.390 e. The highest BCUT2D eigenvalue weighted by Gasteiger charge is 2.36. The summed E-state index contributed by atoms with van der Waals surface area (Å²) in [5, 5.41) is 22.1. The molecular weight excluding hydrogens is 246 g/mol. The molecule has 19 heavy (non-hydrogen) atoms. The van der Waals surface area contributed by atoms with Crippen molar-refractivity contribution in [2.45, 2.75) is 63.3 Å². The Morgan fingerprint density at radius 1 is 1.16 bits per heavy atom. The van der Waals surface area contributed by atoms with Crippen LogP contribution in [0.4, 0.5) is 0 Å². The second-order valence-corrected chi connectivity index (χ2v) is 5.72. The lowest BCUT2D eigenvalue weighted by molar-refractivity contribution is -0.162. The number of rotatable bonds is 4. The molecule has 1 amide bonds. The van der Waals surface area contributed by atoms with E-state index < -0.39 is 18.3 Å². The number of amides is 1. The molecule has 0 aromatic carbocycles. The van der Waals surface area contributed by atoms with Crippen LogP contribution in [0.3, 0.4) is 0 Å². The lowest BCUT2D eigenvalue weighted by atomic mass is 9.87. The molecule has 5 heteroatoms. The third-order valence-corrected chi connectivity index (χ3v) is 4.25. The van der Waals surface area contributed by atoms with Crippen molar-refractivity contribution in [2.75, 3.05) is 13.2 Å². The summed E-state index contributed by atoms with van der Waals surface area (Å²) < 4.78 is 5.24. The van der Waals surface area contributed by atoms with Crippen molar-refractivity contribution in [2.24, 2.45) is 5.92 Å². The summed E-state index contributed by atoms with van der Waals surface area (Å²) in [4.78, 5) is 11.9. The van der Waals surface area contributed by atoms with Gasteiger partial charge in [-0.2, -0.15) is 0 Å². The zero-order valence-electron chi connectivity index (χ0n) is 11.4. The third-order valence-electron chi connectivity index (χ3n) is 4.25. The number of carbonyl (C=O) groups is 1. The van der Waals surface area contributed by atoms with Crippen molar-refractivity contribution in [1.82, 2.24) is 5.32 Å². The van der Waals surface area contributed by atoms with E-state index >= 15 is 0 Å². The van der Waals surface area contributed by atoms with Crippen LogP contribution in [0.25, 0.3) is 0 Å². The van der Waals surface area contributed by atoms with Gasteiger partial charge < -0.3 is 20.3 Å². The van der Waals surface area contributed by atoms with Crippen molar-refractivity contribution in [3.63, 3.8) is 0 Å². The fourth-order valence-corrected chi connectivity index (χ4v) is 2.99. The van der Waals surface area contributed by atoms with E-state index in [2.05, 4.69) is 5.32 Å². The molecule has 1 saturated carbocycles. The van der Waals surface area contributed by atoms with E-state index in [-0.39, 0.29) is 5.91 Å². The molecule has 1 heterocycles. The van der Waals surface area contributed by atoms with Gasteiger partial charge >= 0.3 is 0 Å². The minimum atomic E-state index is -1.11. The first-order valence-electron chi connectivity index (χ1n) is 7.44. The maximum atomic E-state index is 11.9. The van der Waals surface area contributed by atoms with Crippen molar-refractivity contribution in [3.8, 4) is 0 Å². The fourth-order valence-electron chi connectivity index (χ4n) is 2.99. The number of nitrogens with one attached hydrogen (secondary N) is 1. The van der Waals surface area contributed by atoms with Gasteiger partial charge in [0.05, 0.1) is 12.7 Å². The predicted octanol–water partition coefficient (Wildman–Crippen LogP) is 0.584. The molecule has 2 unspecified atom stereocenters. The van der Waals surface area contributed by atoms with E-state index in [4.69, 9.17) is 4.74 Å². The van der Waals surface area contributed by atoms with E-state index in [0.717, 1.165) is 12.3 Å². The standard InChI is InChI=1S/C14H25NO4/c16-11-7-9-19-13(12(11)17)14(18)15-8-6-10-4-2-1-3-5-10/h10-13,16-17H,1-9H2,(H,15,18)/t11?,12-,13?/m0/s1. The lowest BCUT2D eigenvalue weighted by Gasteiger charge is -2.31. The zero-order chi connectivity index (χ0) is 13.7. The van der Waals surface area contributed by atoms with Crippen molar-refractivity contribution in [1.29, 1.82) is 0 Å². The van der Waals surface area contributed by atoms with Crippen molar-refractivity contribution in [3.05, 3.63) is 0 Å². The van der Waals surface area contributed by atoms with E-state index in [1.165, 1.54) is 32.1 Å². The number of carbonyl (C=O) groups excluding carboxylic acids is 1. The highest BCUT2D eigenvalue weighted by atomic mass is 16.5.